The van der Waals surface area contributed by atoms with Gasteiger partial charge in [0.1, 0.15) is 5.75 Å². The van der Waals surface area contributed by atoms with Crippen LogP contribution < -0.4 is 4.74 Å². The van der Waals surface area contributed by atoms with Crippen LogP contribution in [0.25, 0.3) is 10.8 Å². The van der Waals surface area contributed by atoms with Crippen LogP contribution in [0.5, 0.6) is 5.75 Å². The molecule has 3 nitrogen and oxygen atoms in total. The van der Waals surface area contributed by atoms with E-state index in [0.29, 0.717) is 11.5 Å². The number of carbonyl (C=O) groups is 1. The highest BCUT2D eigenvalue weighted by Gasteiger charge is 2.12. The van der Waals surface area contributed by atoms with E-state index < -0.39 is 0 Å². The van der Waals surface area contributed by atoms with Crippen molar-refractivity contribution in [2.45, 2.75) is 19.8 Å². The van der Waals surface area contributed by atoms with Gasteiger partial charge in [0, 0.05) is 12.0 Å². The Bertz CT molecular complexity index is 587. The predicted molar refractivity (Wildman–Crippen MR) is 79.7 cm³/mol. The molecule has 0 aliphatic carbocycles. The number of hydrogen-bond acceptors (Lipinski definition) is 3. The van der Waals surface area contributed by atoms with Crippen molar-refractivity contribution in [1.82, 2.24) is 0 Å². The molecule has 2 aromatic carbocycles. The number of allylic oxidation sites excluding steroid dienone is 1. The first-order chi connectivity index (χ1) is 9.63. The zero-order chi connectivity index (χ0) is 14.5. The summed E-state index contributed by atoms with van der Waals surface area (Å²) in [6, 6.07) is 11.9. The molecule has 2 rings (SSSR count). The molecule has 0 heterocycles. The highest BCUT2D eigenvalue weighted by Crippen LogP contribution is 2.28. The Morgan fingerprint density at radius 2 is 1.85 bits per heavy atom. The fourth-order valence-electron chi connectivity index (χ4n) is 1.96. The van der Waals surface area contributed by atoms with Crippen molar-refractivity contribution < 1.29 is 14.3 Å². The first-order valence-corrected chi connectivity index (χ1v) is 6.58. The second-order valence-electron chi connectivity index (χ2n) is 4.55. The monoisotopic (exact) mass is 270 g/mol. The second-order valence-corrected chi connectivity index (χ2v) is 4.55. The van der Waals surface area contributed by atoms with E-state index in [1.165, 1.54) is 7.11 Å². The van der Waals surface area contributed by atoms with Gasteiger partial charge in [-0.25, -0.2) is 0 Å². The standard InChI is InChI=1S/C17H18O3/c1-4-12(2)20-16-10-14-8-6-5-7-13(14)9-15(16)11-17(18)19-3/h5-10H,2,4,11H2,1,3H3. The second kappa shape index (κ2) is 6.24. The highest BCUT2D eigenvalue weighted by molar-refractivity contribution is 5.86. The molecule has 20 heavy (non-hydrogen) atoms. The summed E-state index contributed by atoms with van der Waals surface area (Å²) in [6.45, 7) is 5.83. The van der Waals surface area contributed by atoms with E-state index in [-0.39, 0.29) is 12.4 Å². The molecule has 0 N–H and O–H groups in total. The molecule has 0 atom stereocenters. The minimum atomic E-state index is -0.285. The van der Waals surface area contributed by atoms with Crippen molar-refractivity contribution in [1.29, 1.82) is 0 Å². The van der Waals surface area contributed by atoms with Gasteiger partial charge in [-0.2, -0.15) is 0 Å². The number of hydrogen-bond donors (Lipinski definition) is 0. The van der Waals surface area contributed by atoms with Crippen molar-refractivity contribution in [2.24, 2.45) is 0 Å². The molecular formula is C17H18O3. The van der Waals surface area contributed by atoms with Crippen molar-refractivity contribution in [2.75, 3.05) is 7.11 Å². The van der Waals surface area contributed by atoms with Gasteiger partial charge >= 0.3 is 5.97 Å². The summed E-state index contributed by atoms with van der Waals surface area (Å²) in [6.07, 6.45) is 0.915. The summed E-state index contributed by atoms with van der Waals surface area (Å²) >= 11 is 0. The average molecular weight is 270 g/mol. The summed E-state index contributed by atoms with van der Waals surface area (Å²) in [5, 5.41) is 2.14. The van der Waals surface area contributed by atoms with Gasteiger partial charge in [-0.05, 0) is 22.9 Å². The molecule has 0 aliphatic heterocycles. The lowest BCUT2D eigenvalue weighted by Crippen LogP contribution is -2.06. The van der Waals surface area contributed by atoms with Crippen molar-refractivity contribution in [3.05, 3.63) is 54.3 Å². The Kier molecular flexibility index (Phi) is 4.41. The number of benzene rings is 2. The summed E-state index contributed by atoms with van der Waals surface area (Å²) in [5.41, 5.74) is 0.810. The van der Waals surface area contributed by atoms with Gasteiger partial charge in [0.25, 0.3) is 0 Å². The maximum absolute atomic E-state index is 11.5. The van der Waals surface area contributed by atoms with Crippen LogP contribution in [-0.2, 0) is 16.0 Å². The zero-order valence-electron chi connectivity index (χ0n) is 11.8. The molecule has 0 aliphatic rings. The molecule has 104 valence electrons. The van der Waals surface area contributed by atoms with Gasteiger partial charge in [-0.3, -0.25) is 4.79 Å². The lowest BCUT2D eigenvalue weighted by Gasteiger charge is -2.13. The Morgan fingerprint density at radius 1 is 1.20 bits per heavy atom. The van der Waals surface area contributed by atoms with E-state index >= 15 is 0 Å². The highest BCUT2D eigenvalue weighted by atomic mass is 16.5. The van der Waals surface area contributed by atoms with Crippen LogP contribution in [-0.4, -0.2) is 13.1 Å². The quantitative estimate of drug-likeness (QED) is 0.611. The van der Waals surface area contributed by atoms with Crippen LogP contribution >= 0.6 is 0 Å². The number of fused-ring (bicyclic) bond motifs is 1. The molecule has 0 bridgehead atoms. The molecular weight excluding hydrogens is 252 g/mol. The van der Waals surface area contributed by atoms with Gasteiger partial charge in [0.05, 0.1) is 19.3 Å². The van der Waals surface area contributed by atoms with Gasteiger partial charge in [0.2, 0.25) is 0 Å². The van der Waals surface area contributed by atoms with Crippen LogP contribution in [0.3, 0.4) is 0 Å². The molecule has 0 amide bonds. The van der Waals surface area contributed by atoms with Gasteiger partial charge in [-0.1, -0.05) is 37.8 Å². The molecule has 0 unspecified atom stereocenters. The Labute approximate surface area is 118 Å². The van der Waals surface area contributed by atoms with E-state index in [1.54, 1.807) is 0 Å². The maximum atomic E-state index is 11.5. The minimum absolute atomic E-state index is 0.188. The van der Waals surface area contributed by atoms with E-state index in [4.69, 9.17) is 9.47 Å². The first kappa shape index (κ1) is 14.1. The van der Waals surface area contributed by atoms with Crippen LogP contribution in [0.15, 0.2) is 48.7 Å². The third kappa shape index (κ3) is 3.18. The average Bonchev–Trinajstić information content (AvgIpc) is 2.47. The molecule has 2 aromatic rings. The van der Waals surface area contributed by atoms with Gasteiger partial charge < -0.3 is 9.47 Å². The topological polar surface area (TPSA) is 35.5 Å². The maximum Gasteiger partial charge on any atom is 0.310 e. The SMILES string of the molecule is C=C(CC)Oc1cc2ccccc2cc1CC(=O)OC. The summed E-state index contributed by atoms with van der Waals surface area (Å²) < 4.78 is 10.5. The van der Waals surface area contributed by atoms with Crippen LogP contribution in [0, 0.1) is 0 Å². The van der Waals surface area contributed by atoms with Crippen molar-refractivity contribution in [3.63, 3.8) is 0 Å². The predicted octanol–water partition coefficient (Wildman–Crippen LogP) is 3.86. The molecule has 0 fully saturated rings. The number of carbonyl (C=O) groups excluding carboxylic acids is 1. The number of rotatable bonds is 5. The Hall–Kier alpha value is -2.29. The Morgan fingerprint density at radius 3 is 2.45 bits per heavy atom. The fraction of sp³-hybridized carbons (Fsp3) is 0.235. The van der Waals surface area contributed by atoms with E-state index in [1.807, 2.05) is 43.3 Å². The third-order valence-electron chi connectivity index (χ3n) is 3.14. The normalized spacial score (nSPS) is 10.3. The minimum Gasteiger partial charge on any atom is -0.469 e. The molecule has 0 saturated carbocycles. The van der Waals surface area contributed by atoms with Crippen LogP contribution in [0.4, 0.5) is 0 Å². The van der Waals surface area contributed by atoms with Crippen molar-refractivity contribution in [3.8, 4) is 5.75 Å². The third-order valence-corrected chi connectivity index (χ3v) is 3.14. The molecule has 0 radical (unpaired) electrons. The lowest BCUT2D eigenvalue weighted by molar-refractivity contribution is -0.139. The molecule has 3 heteroatoms. The van der Waals surface area contributed by atoms with Gasteiger partial charge in [-0.15, -0.1) is 0 Å². The van der Waals surface area contributed by atoms with E-state index in [2.05, 4.69) is 6.58 Å². The smallest absolute Gasteiger partial charge is 0.310 e. The largest absolute Gasteiger partial charge is 0.469 e. The number of ether oxygens (including phenoxy) is 2. The van der Waals surface area contributed by atoms with Crippen LogP contribution in [0.2, 0.25) is 0 Å². The lowest BCUT2D eigenvalue weighted by atomic mass is 10.0. The fourth-order valence-corrected chi connectivity index (χ4v) is 1.96. The van der Waals surface area contributed by atoms with Gasteiger partial charge in [0.15, 0.2) is 0 Å². The van der Waals surface area contributed by atoms with Crippen LogP contribution in [0.1, 0.15) is 18.9 Å². The van der Waals surface area contributed by atoms with Crippen molar-refractivity contribution >= 4 is 16.7 Å². The van der Waals surface area contributed by atoms with E-state index in [0.717, 1.165) is 22.8 Å². The summed E-state index contributed by atoms with van der Waals surface area (Å²) in [4.78, 5) is 11.5. The number of esters is 1. The molecule has 0 spiro atoms. The Balaban J connectivity index is 2.46. The summed E-state index contributed by atoms with van der Waals surface area (Å²) in [5.74, 6) is 1.06. The summed E-state index contributed by atoms with van der Waals surface area (Å²) in [7, 11) is 1.38. The first-order valence-electron chi connectivity index (χ1n) is 6.58. The van der Waals surface area contributed by atoms with E-state index in [9.17, 15) is 4.79 Å². The molecule has 0 aromatic heterocycles. The molecule has 0 saturated heterocycles. The zero-order valence-corrected chi connectivity index (χ0v) is 11.8. The number of methoxy groups -OCH3 is 1.